The van der Waals surface area contributed by atoms with Crippen LogP contribution in [0.5, 0.6) is 0 Å². The van der Waals surface area contributed by atoms with Gasteiger partial charge in [0, 0.05) is 12.7 Å². The predicted octanol–water partition coefficient (Wildman–Crippen LogP) is 1.09. The van der Waals surface area contributed by atoms with Crippen LogP contribution in [-0.4, -0.2) is 43.2 Å². The SMILES string of the molecule is CC1C=C(Nc2ccccc2)N=C(N)N1C.CS(=O)(=O)O. The molecule has 0 aromatic heterocycles. The zero-order chi connectivity index (χ0) is 16.0. The van der Waals surface area contributed by atoms with Crippen molar-refractivity contribution in [2.75, 3.05) is 18.6 Å². The van der Waals surface area contributed by atoms with E-state index in [0.717, 1.165) is 11.5 Å². The van der Waals surface area contributed by atoms with Gasteiger partial charge in [-0.25, -0.2) is 0 Å². The summed E-state index contributed by atoms with van der Waals surface area (Å²) in [7, 11) is -1.74. The van der Waals surface area contributed by atoms with E-state index in [-0.39, 0.29) is 6.04 Å². The number of rotatable bonds is 2. The largest absolute Gasteiger partial charge is 0.369 e. The number of guanidine groups is 1. The number of benzene rings is 1. The van der Waals surface area contributed by atoms with E-state index in [2.05, 4.69) is 17.2 Å². The molecule has 1 aromatic rings. The smallest absolute Gasteiger partial charge is 0.261 e. The minimum Gasteiger partial charge on any atom is -0.369 e. The van der Waals surface area contributed by atoms with Crippen molar-refractivity contribution in [3.05, 3.63) is 42.2 Å². The van der Waals surface area contributed by atoms with Crippen LogP contribution < -0.4 is 11.1 Å². The molecule has 0 saturated heterocycles. The molecule has 1 unspecified atom stereocenters. The third kappa shape index (κ3) is 6.77. The zero-order valence-electron chi connectivity index (χ0n) is 12.2. The standard InChI is InChI=1S/C12H16N4.CH4O3S/c1-9-8-11(15-12(13)16(9)2)14-10-6-4-3-5-7-10;1-5(2,3)4/h3-9,14H,1-2H3,(H2,13,15);1H3,(H,2,3,4). The second-order valence-corrected chi connectivity index (χ2v) is 6.06. The van der Waals surface area contributed by atoms with Crippen LogP contribution in [0.4, 0.5) is 5.69 Å². The molecule has 116 valence electrons. The van der Waals surface area contributed by atoms with E-state index in [4.69, 9.17) is 10.3 Å². The Morgan fingerprint density at radius 1 is 1.33 bits per heavy atom. The maximum Gasteiger partial charge on any atom is 0.261 e. The van der Waals surface area contributed by atoms with Crippen molar-refractivity contribution in [2.45, 2.75) is 13.0 Å². The first-order valence-electron chi connectivity index (χ1n) is 6.20. The van der Waals surface area contributed by atoms with Crippen LogP contribution in [0.2, 0.25) is 0 Å². The van der Waals surface area contributed by atoms with Crippen LogP contribution in [-0.2, 0) is 10.1 Å². The Bertz CT molecular complexity index is 618. The van der Waals surface area contributed by atoms with Crippen LogP contribution in [0.3, 0.4) is 0 Å². The van der Waals surface area contributed by atoms with Gasteiger partial charge in [0.1, 0.15) is 5.82 Å². The Balaban J connectivity index is 0.000000383. The van der Waals surface area contributed by atoms with E-state index in [1.807, 2.05) is 48.4 Å². The molecule has 0 spiro atoms. The number of para-hydroxylation sites is 1. The van der Waals surface area contributed by atoms with Crippen LogP contribution in [0.15, 0.2) is 47.2 Å². The number of nitrogens with two attached hydrogens (primary N) is 1. The van der Waals surface area contributed by atoms with Crippen molar-refractivity contribution in [2.24, 2.45) is 10.7 Å². The molecule has 21 heavy (non-hydrogen) atoms. The monoisotopic (exact) mass is 312 g/mol. The van der Waals surface area contributed by atoms with Crippen molar-refractivity contribution < 1.29 is 13.0 Å². The number of likely N-dealkylation sites (N-methyl/N-ethyl adjacent to an activating group) is 1. The van der Waals surface area contributed by atoms with E-state index >= 15 is 0 Å². The van der Waals surface area contributed by atoms with Gasteiger partial charge in [-0.15, -0.1) is 0 Å². The fraction of sp³-hybridized carbons (Fsp3) is 0.308. The first-order valence-corrected chi connectivity index (χ1v) is 8.05. The molecule has 0 amide bonds. The predicted molar refractivity (Wildman–Crippen MR) is 84.5 cm³/mol. The van der Waals surface area contributed by atoms with E-state index in [1.54, 1.807) is 0 Å². The number of aliphatic imine (C=N–C) groups is 1. The maximum atomic E-state index is 9.19. The first kappa shape index (κ1) is 17.0. The molecule has 1 aliphatic rings. The Kier molecular flexibility index (Phi) is 5.74. The molecule has 1 aromatic carbocycles. The summed E-state index contributed by atoms with van der Waals surface area (Å²) in [5.74, 6) is 1.34. The molecule has 2 rings (SSSR count). The van der Waals surface area contributed by atoms with Crippen LogP contribution in [0.1, 0.15) is 6.92 Å². The molecule has 0 fully saturated rings. The highest BCUT2D eigenvalue weighted by Gasteiger charge is 2.15. The van der Waals surface area contributed by atoms with Crippen LogP contribution in [0, 0.1) is 0 Å². The highest BCUT2D eigenvalue weighted by Crippen LogP contribution is 2.14. The summed E-state index contributed by atoms with van der Waals surface area (Å²) in [6, 6.07) is 10.2. The number of anilines is 1. The maximum absolute atomic E-state index is 9.19. The third-order valence-electron chi connectivity index (χ3n) is 2.65. The van der Waals surface area contributed by atoms with E-state index < -0.39 is 10.1 Å². The number of nitrogens with one attached hydrogen (secondary N) is 1. The summed E-state index contributed by atoms with van der Waals surface area (Å²) in [5.41, 5.74) is 6.82. The van der Waals surface area contributed by atoms with Gasteiger partial charge in [-0.1, -0.05) is 18.2 Å². The topological polar surface area (TPSA) is 108 Å². The lowest BCUT2D eigenvalue weighted by molar-refractivity contribution is 0.437. The van der Waals surface area contributed by atoms with E-state index in [1.165, 1.54) is 0 Å². The normalized spacial score (nSPS) is 18.1. The van der Waals surface area contributed by atoms with Crippen LogP contribution >= 0.6 is 0 Å². The molecule has 4 N–H and O–H groups in total. The molecule has 1 atom stereocenters. The van der Waals surface area contributed by atoms with Gasteiger partial charge in [0.25, 0.3) is 10.1 Å². The minimum absolute atomic E-state index is 0.253. The fourth-order valence-electron chi connectivity index (χ4n) is 1.53. The minimum atomic E-state index is -3.67. The first-order chi connectivity index (χ1) is 9.66. The van der Waals surface area contributed by atoms with Gasteiger partial charge in [0.05, 0.1) is 12.3 Å². The second kappa shape index (κ2) is 7.09. The van der Waals surface area contributed by atoms with Gasteiger partial charge in [0.15, 0.2) is 5.96 Å². The molecule has 0 radical (unpaired) electrons. The average molecular weight is 312 g/mol. The Labute approximate surface area is 124 Å². The summed E-state index contributed by atoms with van der Waals surface area (Å²) in [5, 5.41) is 3.23. The van der Waals surface area contributed by atoms with Gasteiger partial charge < -0.3 is 16.0 Å². The molecular weight excluding hydrogens is 292 g/mol. The second-order valence-electron chi connectivity index (χ2n) is 4.60. The van der Waals surface area contributed by atoms with Crippen molar-refractivity contribution in [3.8, 4) is 0 Å². The highest BCUT2D eigenvalue weighted by molar-refractivity contribution is 7.85. The van der Waals surface area contributed by atoms with Crippen molar-refractivity contribution in [1.82, 2.24) is 4.90 Å². The molecule has 1 aliphatic heterocycles. The molecule has 0 aliphatic carbocycles. The van der Waals surface area contributed by atoms with E-state index in [0.29, 0.717) is 12.2 Å². The quantitative estimate of drug-likeness (QED) is 0.706. The van der Waals surface area contributed by atoms with Crippen molar-refractivity contribution >= 4 is 21.8 Å². The van der Waals surface area contributed by atoms with E-state index in [9.17, 15) is 8.42 Å². The Hall–Kier alpha value is -2.06. The summed E-state index contributed by atoms with van der Waals surface area (Å²) >= 11 is 0. The fourth-order valence-corrected chi connectivity index (χ4v) is 1.53. The molecule has 8 heteroatoms. The summed E-state index contributed by atoms with van der Waals surface area (Å²) in [6.45, 7) is 2.08. The summed E-state index contributed by atoms with van der Waals surface area (Å²) < 4.78 is 25.9. The molecule has 0 bridgehead atoms. The molecule has 7 nitrogen and oxygen atoms in total. The highest BCUT2D eigenvalue weighted by atomic mass is 32.2. The van der Waals surface area contributed by atoms with Gasteiger partial charge >= 0.3 is 0 Å². The lowest BCUT2D eigenvalue weighted by atomic mass is 10.2. The Morgan fingerprint density at radius 2 is 1.86 bits per heavy atom. The molecule has 0 saturated carbocycles. The van der Waals surface area contributed by atoms with Crippen molar-refractivity contribution in [1.29, 1.82) is 0 Å². The Morgan fingerprint density at radius 3 is 2.33 bits per heavy atom. The number of hydrogen-bond donors (Lipinski definition) is 3. The van der Waals surface area contributed by atoms with Gasteiger partial charge in [-0.3, -0.25) is 4.55 Å². The molecular formula is C13H20N4O3S. The van der Waals surface area contributed by atoms with Gasteiger partial charge in [-0.05, 0) is 25.1 Å². The lowest BCUT2D eigenvalue weighted by Gasteiger charge is -2.27. The summed E-state index contributed by atoms with van der Waals surface area (Å²) in [6.07, 6.45) is 2.76. The number of nitrogens with zero attached hydrogens (tertiary/aromatic N) is 2. The average Bonchev–Trinajstić information content (AvgIpc) is 2.35. The lowest BCUT2D eigenvalue weighted by Crippen LogP contribution is -2.42. The number of hydrogen-bond acceptors (Lipinski definition) is 6. The van der Waals surface area contributed by atoms with Crippen LogP contribution in [0.25, 0.3) is 0 Å². The molecule has 1 heterocycles. The van der Waals surface area contributed by atoms with Crippen molar-refractivity contribution in [3.63, 3.8) is 0 Å². The zero-order valence-corrected chi connectivity index (χ0v) is 13.0. The summed E-state index contributed by atoms with van der Waals surface area (Å²) in [4.78, 5) is 6.21. The third-order valence-corrected chi connectivity index (χ3v) is 2.65. The van der Waals surface area contributed by atoms with Gasteiger partial charge in [0.2, 0.25) is 0 Å². The van der Waals surface area contributed by atoms with Gasteiger partial charge in [-0.2, -0.15) is 13.4 Å².